The van der Waals surface area contributed by atoms with Crippen molar-refractivity contribution in [3.05, 3.63) is 42.1 Å². The lowest BCUT2D eigenvalue weighted by Crippen LogP contribution is -2.03. The second kappa shape index (κ2) is 3.82. The van der Waals surface area contributed by atoms with Crippen LogP contribution in [-0.4, -0.2) is 25.6 Å². The fourth-order valence-corrected chi connectivity index (χ4v) is 1.25. The number of aromatic nitrogens is 3. The summed E-state index contributed by atoms with van der Waals surface area (Å²) in [6, 6.07) is 4.65. The highest BCUT2D eigenvalue weighted by Gasteiger charge is 2.08. The van der Waals surface area contributed by atoms with Crippen LogP contribution in [0.25, 0.3) is 5.82 Å². The van der Waals surface area contributed by atoms with E-state index < -0.39 is 5.97 Å². The molecule has 0 aromatic carbocycles. The minimum absolute atomic E-state index is 0.114. The van der Waals surface area contributed by atoms with E-state index in [0.29, 0.717) is 5.82 Å². The van der Waals surface area contributed by atoms with Gasteiger partial charge >= 0.3 is 5.97 Å². The van der Waals surface area contributed by atoms with Crippen molar-refractivity contribution in [2.24, 2.45) is 0 Å². The highest BCUT2D eigenvalue weighted by Crippen LogP contribution is 2.09. The van der Waals surface area contributed by atoms with Crippen LogP contribution in [0, 0.1) is 11.3 Å². The molecule has 2 rings (SSSR count). The average molecular weight is 214 g/mol. The summed E-state index contributed by atoms with van der Waals surface area (Å²) in [5.41, 5.74) is 0.114. The van der Waals surface area contributed by atoms with Gasteiger partial charge in [-0.25, -0.2) is 14.8 Å². The molecule has 0 amide bonds. The molecule has 2 heterocycles. The van der Waals surface area contributed by atoms with Crippen molar-refractivity contribution >= 4 is 5.97 Å². The standard InChI is InChI=1S/C10H6N4O2/c11-6-9-13-3-4-14(9)8-5-7(10(15)16)1-2-12-8/h1-5H,(H,15,16). The first-order chi connectivity index (χ1) is 7.72. The van der Waals surface area contributed by atoms with Gasteiger partial charge in [-0.15, -0.1) is 0 Å². The number of pyridine rings is 1. The quantitative estimate of drug-likeness (QED) is 0.799. The van der Waals surface area contributed by atoms with E-state index >= 15 is 0 Å². The van der Waals surface area contributed by atoms with E-state index in [1.807, 2.05) is 6.07 Å². The Kier molecular flexibility index (Phi) is 2.36. The van der Waals surface area contributed by atoms with E-state index in [4.69, 9.17) is 10.4 Å². The van der Waals surface area contributed by atoms with Crippen molar-refractivity contribution in [3.8, 4) is 11.9 Å². The zero-order valence-electron chi connectivity index (χ0n) is 8.03. The molecule has 0 saturated carbocycles. The van der Waals surface area contributed by atoms with Crippen molar-refractivity contribution < 1.29 is 9.90 Å². The van der Waals surface area contributed by atoms with Gasteiger partial charge in [0.1, 0.15) is 11.9 Å². The van der Waals surface area contributed by atoms with E-state index in [-0.39, 0.29) is 11.4 Å². The van der Waals surface area contributed by atoms with Gasteiger partial charge in [0.05, 0.1) is 5.56 Å². The Hall–Kier alpha value is -2.68. The molecule has 0 spiro atoms. The Morgan fingerprint density at radius 2 is 2.25 bits per heavy atom. The molecule has 0 saturated heterocycles. The Morgan fingerprint density at radius 3 is 2.94 bits per heavy atom. The zero-order valence-corrected chi connectivity index (χ0v) is 8.03. The molecule has 78 valence electrons. The van der Waals surface area contributed by atoms with E-state index in [1.54, 1.807) is 6.20 Å². The maximum absolute atomic E-state index is 10.8. The predicted molar refractivity (Wildman–Crippen MR) is 53.0 cm³/mol. The Labute approximate surface area is 90.4 Å². The highest BCUT2D eigenvalue weighted by atomic mass is 16.4. The van der Waals surface area contributed by atoms with Crippen LogP contribution in [0.4, 0.5) is 0 Å². The van der Waals surface area contributed by atoms with E-state index in [1.165, 1.54) is 29.1 Å². The summed E-state index contributed by atoms with van der Waals surface area (Å²) < 4.78 is 1.42. The fourth-order valence-electron chi connectivity index (χ4n) is 1.25. The van der Waals surface area contributed by atoms with Gasteiger partial charge in [-0.3, -0.25) is 4.57 Å². The second-order valence-corrected chi connectivity index (χ2v) is 2.94. The number of carboxylic acid groups (broad SMARTS) is 1. The third-order valence-corrected chi connectivity index (χ3v) is 1.98. The van der Waals surface area contributed by atoms with E-state index in [9.17, 15) is 4.79 Å². The van der Waals surface area contributed by atoms with Crippen LogP contribution in [-0.2, 0) is 0 Å². The van der Waals surface area contributed by atoms with Gasteiger partial charge in [0.25, 0.3) is 0 Å². The van der Waals surface area contributed by atoms with Gasteiger partial charge in [-0.05, 0) is 12.1 Å². The Balaban J connectivity index is 2.53. The van der Waals surface area contributed by atoms with Crippen LogP contribution >= 0.6 is 0 Å². The maximum atomic E-state index is 10.8. The summed E-state index contributed by atoms with van der Waals surface area (Å²) >= 11 is 0. The SMILES string of the molecule is N#Cc1nccn1-c1cc(C(=O)O)ccn1. The number of aromatic carboxylic acids is 1. The van der Waals surface area contributed by atoms with Crippen LogP contribution in [0.1, 0.15) is 16.2 Å². The molecule has 0 radical (unpaired) electrons. The van der Waals surface area contributed by atoms with Crippen molar-refractivity contribution in [1.29, 1.82) is 5.26 Å². The molecule has 0 fully saturated rings. The summed E-state index contributed by atoms with van der Waals surface area (Å²) in [5, 5.41) is 17.6. The Morgan fingerprint density at radius 1 is 1.44 bits per heavy atom. The molecule has 0 aliphatic heterocycles. The fraction of sp³-hybridized carbons (Fsp3) is 0. The van der Waals surface area contributed by atoms with Crippen LogP contribution in [0.3, 0.4) is 0 Å². The Bertz CT molecular complexity index is 583. The van der Waals surface area contributed by atoms with Crippen molar-refractivity contribution in [2.45, 2.75) is 0 Å². The lowest BCUT2D eigenvalue weighted by Gasteiger charge is -2.02. The molecular formula is C10H6N4O2. The third-order valence-electron chi connectivity index (χ3n) is 1.98. The summed E-state index contributed by atoms with van der Waals surface area (Å²) in [6.45, 7) is 0. The predicted octanol–water partition coefficient (Wildman–Crippen LogP) is 0.837. The van der Waals surface area contributed by atoms with Crippen LogP contribution in [0.15, 0.2) is 30.7 Å². The minimum Gasteiger partial charge on any atom is -0.478 e. The smallest absolute Gasteiger partial charge is 0.335 e. The largest absolute Gasteiger partial charge is 0.478 e. The summed E-state index contributed by atoms with van der Waals surface area (Å²) in [6.07, 6.45) is 4.38. The number of imidazole rings is 1. The molecule has 16 heavy (non-hydrogen) atoms. The normalized spacial score (nSPS) is 9.69. The molecule has 2 aromatic rings. The summed E-state index contributed by atoms with van der Waals surface area (Å²) in [4.78, 5) is 18.5. The zero-order chi connectivity index (χ0) is 11.5. The molecular weight excluding hydrogens is 208 g/mol. The molecule has 0 bridgehead atoms. The molecule has 0 atom stereocenters. The lowest BCUT2D eigenvalue weighted by atomic mass is 10.2. The number of hydrogen-bond donors (Lipinski definition) is 1. The molecule has 6 nitrogen and oxygen atoms in total. The van der Waals surface area contributed by atoms with Gasteiger partial charge < -0.3 is 5.11 Å². The molecule has 0 aliphatic carbocycles. The molecule has 1 N–H and O–H groups in total. The first-order valence-electron chi connectivity index (χ1n) is 4.35. The van der Waals surface area contributed by atoms with Gasteiger partial charge in [-0.1, -0.05) is 0 Å². The highest BCUT2D eigenvalue weighted by molar-refractivity contribution is 5.87. The average Bonchev–Trinajstić information content (AvgIpc) is 2.77. The molecule has 6 heteroatoms. The van der Waals surface area contributed by atoms with Crippen LogP contribution < -0.4 is 0 Å². The number of hydrogen-bond acceptors (Lipinski definition) is 4. The summed E-state index contributed by atoms with van der Waals surface area (Å²) in [7, 11) is 0. The number of carbonyl (C=O) groups is 1. The van der Waals surface area contributed by atoms with E-state index in [0.717, 1.165) is 0 Å². The summed E-state index contributed by atoms with van der Waals surface area (Å²) in [5.74, 6) is -0.522. The molecule has 0 aliphatic rings. The first kappa shape index (κ1) is 9.86. The third kappa shape index (κ3) is 1.62. The second-order valence-electron chi connectivity index (χ2n) is 2.94. The van der Waals surface area contributed by atoms with Gasteiger partial charge in [-0.2, -0.15) is 5.26 Å². The van der Waals surface area contributed by atoms with Gasteiger partial charge in [0.2, 0.25) is 5.82 Å². The van der Waals surface area contributed by atoms with Crippen molar-refractivity contribution in [2.75, 3.05) is 0 Å². The topological polar surface area (TPSA) is 91.8 Å². The monoisotopic (exact) mass is 214 g/mol. The number of nitrogens with zero attached hydrogens (tertiary/aromatic N) is 4. The molecule has 2 aromatic heterocycles. The van der Waals surface area contributed by atoms with Crippen molar-refractivity contribution in [1.82, 2.24) is 14.5 Å². The van der Waals surface area contributed by atoms with Gasteiger partial charge in [0.15, 0.2) is 0 Å². The lowest BCUT2D eigenvalue weighted by molar-refractivity contribution is 0.0696. The number of rotatable bonds is 2. The maximum Gasteiger partial charge on any atom is 0.335 e. The van der Waals surface area contributed by atoms with E-state index in [2.05, 4.69) is 9.97 Å². The minimum atomic E-state index is -1.04. The van der Waals surface area contributed by atoms with Crippen LogP contribution in [0.2, 0.25) is 0 Å². The van der Waals surface area contributed by atoms with Crippen molar-refractivity contribution in [3.63, 3.8) is 0 Å². The van der Waals surface area contributed by atoms with Crippen LogP contribution in [0.5, 0.6) is 0 Å². The molecule has 0 unspecified atom stereocenters. The number of nitriles is 1. The first-order valence-corrected chi connectivity index (χ1v) is 4.35. The number of carboxylic acids is 1. The van der Waals surface area contributed by atoms with Gasteiger partial charge in [0, 0.05) is 18.6 Å².